The average Bonchev–Trinajstić information content (AvgIpc) is 3.25. The molecule has 8 aromatic carbocycles. The Balaban J connectivity index is 0.00000207. The quantitative estimate of drug-likeness (QED) is 0.166. The summed E-state index contributed by atoms with van der Waals surface area (Å²) in [6, 6.07) is 72.8. The van der Waals surface area contributed by atoms with Crippen LogP contribution in [0.1, 0.15) is 19.4 Å². The molecule has 0 saturated heterocycles. The third-order valence-corrected chi connectivity index (χ3v) is 9.32. The first kappa shape index (κ1) is 33.7. The number of rotatable bonds is 7. The highest BCUT2D eigenvalue weighted by atomic mass is 14.2. The minimum absolute atomic E-state index is 0.644. The summed E-state index contributed by atoms with van der Waals surface area (Å²) in [6.07, 6.45) is 0. The normalized spacial score (nSPS) is 10.5. The van der Waals surface area contributed by atoms with E-state index < -0.39 is 0 Å². The van der Waals surface area contributed by atoms with Gasteiger partial charge in [-0.3, -0.25) is 0 Å². The topological polar surface area (TPSA) is 23.8 Å². The van der Waals surface area contributed by atoms with Crippen molar-refractivity contribution in [3.63, 3.8) is 0 Å². The van der Waals surface area contributed by atoms with Gasteiger partial charge >= 0.3 is 0 Å². The van der Waals surface area contributed by atoms with Crippen molar-refractivity contribution in [3.05, 3.63) is 206 Å². The number of hydrogen-bond acceptors (Lipinski definition) is 1. The molecule has 8 rings (SSSR count). The van der Waals surface area contributed by atoms with Crippen LogP contribution >= 0.6 is 0 Å². The van der Waals surface area contributed by atoms with Crippen LogP contribution < -0.4 is 0 Å². The highest BCUT2D eigenvalue weighted by Gasteiger charge is 2.09. The third-order valence-electron chi connectivity index (χ3n) is 9.32. The van der Waals surface area contributed by atoms with Crippen molar-refractivity contribution in [1.82, 2.24) is 0 Å². The van der Waals surface area contributed by atoms with Crippen molar-refractivity contribution in [2.75, 3.05) is 0 Å². The van der Waals surface area contributed by atoms with Crippen molar-refractivity contribution in [3.8, 4) is 84.0 Å². The Morgan fingerprint density at radius 2 is 0.481 bits per heavy atom. The monoisotopic (exact) mass is 665 g/mol. The van der Waals surface area contributed by atoms with Crippen molar-refractivity contribution >= 4 is 0 Å². The van der Waals surface area contributed by atoms with Gasteiger partial charge in [-0.05, 0) is 108 Å². The molecule has 0 aliphatic heterocycles. The first-order chi connectivity index (χ1) is 25.7. The lowest BCUT2D eigenvalue weighted by atomic mass is 9.93. The van der Waals surface area contributed by atoms with E-state index in [-0.39, 0.29) is 0 Å². The predicted molar refractivity (Wildman–Crippen MR) is 221 cm³/mol. The molecule has 1 heteroatoms. The van der Waals surface area contributed by atoms with Gasteiger partial charge in [0.25, 0.3) is 0 Å². The molecule has 0 atom stereocenters. The maximum absolute atomic E-state index is 9.97. The number of nitrogens with zero attached hydrogens (tertiary/aromatic N) is 1. The van der Waals surface area contributed by atoms with Gasteiger partial charge in [0.1, 0.15) is 0 Å². The van der Waals surface area contributed by atoms with Gasteiger partial charge in [-0.25, -0.2) is 0 Å². The van der Waals surface area contributed by atoms with Gasteiger partial charge in [-0.2, -0.15) is 5.26 Å². The summed E-state index contributed by atoms with van der Waals surface area (Å²) < 4.78 is 0. The summed E-state index contributed by atoms with van der Waals surface area (Å²) in [7, 11) is 0. The SMILES string of the molecule is CC.N#Cc1cc(-c2ccc(-c3cccc(-c4ccc(-c5ccccc5)cc4)c3)cc2)cc(-c2cccc(-c3ccc(-c4ccccc4)cc3)c2)c1. The molecule has 0 N–H and O–H groups in total. The van der Waals surface area contributed by atoms with Crippen molar-refractivity contribution in [1.29, 1.82) is 5.26 Å². The molecule has 0 amide bonds. The molecular formula is C51H39N. The number of nitriles is 1. The number of benzene rings is 8. The first-order valence-corrected chi connectivity index (χ1v) is 17.9. The molecule has 8 aromatic rings. The lowest BCUT2D eigenvalue weighted by Gasteiger charge is -2.11. The molecule has 0 aromatic heterocycles. The Bertz CT molecular complexity index is 2430. The second kappa shape index (κ2) is 15.9. The summed E-state index contributed by atoms with van der Waals surface area (Å²) in [5, 5.41) is 9.97. The van der Waals surface area contributed by atoms with E-state index in [4.69, 9.17) is 0 Å². The van der Waals surface area contributed by atoms with E-state index in [0.717, 1.165) is 38.9 Å². The largest absolute Gasteiger partial charge is 0.192 e. The lowest BCUT2D eigenvalue weighted by Crippen LogP contribution is -1.87. The minimum Gasteiger partial charge on any atom is -0.192 e. The Kier molecular flexibility index (Phi) is 10.3. The molecule has 248 valence electrons. The lowest BCUT2D eigenvalue weighted by molar-refractivity contribution is 1.48. The van der Waals surface area contributed by atoms with Crippen molar-refractivity contribution < 1.29 is 0 Å². The fourth-order valence-electron chi connectivity index (χ4n) is 6.61. The van der Waals surface area contributed by atoms with Crippen LogP contribution in [0, 0.1) is 11.3 Å². The van der Waals surface area contributed by atoms with E-state index in [1.807, 2.05) is 38.1 Å². The molecular weight excluding hydrogens is 627 g/mol. The second-order valence-electron chi connectivity index (χ2n) is 12.5. The highest BCUT2D eigenvalue weighted by molar-refractivity contribution is 5.81. The molecule has 0 heterocycles. The fourth-order valence-corrected chi connectivity index (χ4v) is 6.61. The summed E-state index contributed by atoms with van der Waals surface area (Å²) in [5.41, 5.74) is 16.7. The molecule has 0 spiro atoms. The first-order valence-electron chi connectivity index (χ1n) is 17.9. The molecule has 1 nitrogen and oxygen atoms in total. The molecule has 52 heavy (non-hydrogen) atoms. The van der Waals surface area contributed by atoms with E-state index in [0.29, 0.717) is 5.56 Å². The van der Waals surface area contributed by atoms with Crippen LogP contribution in [0.25, 0.3) is 77.9 Å². The van der Waals surface area contributed by atoms with Crippen LogP contribution in [-0.4, -0.2) is 0 Å². The Morgan fingerprint density at radius 3 is 0.827 bits per heavy atom. The maximum Gasteiger partial charge on any atom is 0.0992 e. The van der Waals surface area contributed by atoms with Crippen LogP contribution in [-0.2, 0) is 0 Å². The van der Waals surface area contributed by atoms with E-state index >= 15 is 0 Å². The summed E-state index contributed by atoms with van der Waals surface area (Å²) in [6.45, 7) is 4.00. The maximum atomic E-state index is 9.97. The smallest absolute Gasteiger partial charge is 0.0992 e. The molecule has 0 aliphatic rings. The average molecular weight is 666 g/mol. The Morgan fingerprint density at radius 1 is 0.250 bits per heavy atom. The van der Waals surface area contributed by atoms with Gasteiger partial charge in [-0.15, -0.1) is 0 Å². The zero-order valence-electron chi connectivity index (χ0n) is 29.5. The van der Waals surface area contributed by atoms with E-state index in [9.17, 15) is 5.26 Å². The third kappa shape index (κ3) is 7.53. The van der Waals surface area contributed by atoms with Gasteiger partial charge in [0.2, 0.25) is 0 Å². The molecule has 0 bridgehead atoms. The molecule has 0 fully saturated rings. The van der Waals surface area contributed by atoms with Gasteiger partial charge in [0.15, 0.2) is 0 Å². The van der Waals surface area contributed by atoms with Crippen LogP contribution in [0.15, 0.2) is 200 Å². The predicted octanol–water partition coefficient (Wildman–Crippen LogP) is 14.3. The highest BCUT2D eigenvalue weighted by Crippen LogP contribution is 2.34. The summed E-state index contributed by atoms with van der Waals surface area (Å²) in [5.74, 6) is 0. The number of hydrogen-bond donors (Lipinski definition) is 0. The second-order valence-corrected chi connectivity index (χ2v) is 12.5. The standard InChI is InChI=1S/C49H33N.C2H6/c50-34-35-29-48(33-49(30-35)47-16-8-15-46(32-47)41-23-19-39(20-24-41)37-11-5-2-6-12-37)43-27-25-42(26-28-43)45-14-7-13-44(31-45)40-21-17-38(18-22-40)36-9-3-1-4-10-36;1-2/h1-33H;1-2H3. The van der Waals surface area contributed by atoms with Crippen LogP contribution in [0.4, 0.5) is 0 Å². The van der Waals surface area contributed by atoms with Crippen molar-refractivity contribution in [2.45, 2.75) is 13.8 Å². The zero-order chi connectivity index (χ0) is 35.7. The summed E-state index contributed by atoms with van der Waals surface area (Å²) in [4.78, 5) is 0. The van der Waals surface area contributed by atoms with Crippen LogP contribution in [0.5, 0.6) is 0 Å². The van der Waals surface area contributed by atoms with Crippen molar-refractivity contribution in [2.24, 2.45) is 0 Å². The minimum atomic E-state index is 0.644. The molecule has 0 unspecified atom stereocenters. The van der Waals surface area contributed by atoms with Crippen LogP contribution in [0.2, 0.25) is 0 Å². The Labute approximate surface area is 307 Å². The molecule has 0 radical (unpaired) electrons. The molecule has 0 saturated carbocycles. The van der Waals surface area contributed by atoms with Crippen LogP contribution in [0.3, 0.4) is 0 Å². The van der Waals surface area contributed by atoms with Gasteiger partial charge in [0, 0.05) is 0 Å². The van der Waals surface area contributed by atoms with Gasteiger partial charge < -0.3 is 0 Å². The van der Waals surface area contributed by atoms with Gasteiger partial charge in [-0.1, -0.05) is 184 Å². The summed E-state index contributed by atoms with van der Waals surface area (Å²) >= 11 is 0. The van der Waals surface area contributed by atoms with E-state index in [1.54, 1.807) is 0 Å². The Hall–Kier alpha value is -6.75. The fraction of sp³-hybridized carbons (Fsp3) is 0.0392. The zero-order valence-corrected chi connectivity index (χ0v) is 29.5. The van der Waals surface area contributed by atoms with E-state index in [2.05, 4.69) is 182 Å². The molecule has 0 aliphatic carbocycles. The van der Waals surface area contributed by atoms with Gasteiger partial charge in [0.05, 0.1) is 11.6 Å². The van der Waals surface area contributed by atoms with E-state index in [1.165, 1.54) is 38.9 Å².